The number of carbonyl (C=O) groups is 1. The van der Waals surface area contributed by atoms with Gasteiger partial charge in [0, 0.05) is 5.02 Å². The Bertz CT molecular complexity index is 784. The van der Waals surface area contributed by atoms with Crippen molar-refractivity contribution >= 4 is 29.5 Å². The minimum atomic E-state index is -0.145. The number of rotatable bonds is 7. The highest BCUT2D eigenvalue weighted by molar-refractivity contribution is 6.30. The quantitative estimate of drug-likeness (QED) is 0.675. The van der Waals surface area contributed by atoms with Crippen molar-refractivity contribution in [2.24, 2.45) is 0 Å². The molecule has 0 amide bonds. The summed E-state index contributed by atoms with van der Waals surface area (Å²) >= 11 is 5.92. The summed E-state index contributed by atoms with van der Waals surface area (Å²) in [6.45, 7) is 0. The second-order valence-corrected chi connectivity index (χ2v) is 5.52. The highest BCUT2D eigenvalue weighted by atomic mass is 35.5. The summed E-state index contributed by atoms with van der Waals surface area (Å²) < 4.78 is 15.9. The van der Waals surface area contributed by atoms with Crippen LogP contribution in [-0.2, 0) is 4.79 Å². The van der Waals surface area contributed by atoms with Crippen LogP contribution in [0.25, 0.3) is 12.2 Å². The van der Waals surface area contributed by atoms with Crippen LogP contribution in [0, 0.1) is 0 Å². The molecule has 0 unspecified atom stereocenters. The van der Waals surface area contributed by atoms with Crippen LogP contribution in [0.4, 0.5) is 0 Å². The fraction of sp³-hybridized carbons (Fsp3) is 0.150. The van der Waals surface area contributed by atoms with Crippen LogP contribution in [-0.4, -0.2) is 27.1 Å². The van der Waals surface area contributed by atoms with Gasteiger partial charge in [-0.15, -0.1) is 0 Å². The zero-order valence-corrected chi connectivity index (χ0v) is 15.0. The zero-order valence-electron chi connectivity index (χ0n) is 14.3. The first-order valence-electron chi connectivity index (χ1n) is 7.53. The SMILES string of the molecule is COc1cc(/C=C/C(=O)/C=C/c2cccc(Cl)c2)cc(OC)c1OC. The fourth-order valence-corrected chi connectivity index (χ4v) is 2.42. The number of carbonyl (C=O) groups excluding carboxylic acids is 1. The number of hydrogen-bond acceptors (Lipinski definition) is 4. The Morgan fingerprint density at radius 3 is 2.00 bits per heavy atom. The molecule has 0 N–H and O–H groups in total. The molecule has 0 bridgehead atoms. The van der Waals surface area contributed by atoms with E-state index in [0.29, 0.717) is 22.3 Å². The van der Waals surface area contributed by atoms with E-state index in [4.69, 9.17) is 25.8 Å². The van der Waals surface area contributed by atoms with Crippen molar-refractivity contribution in [3.63, 3.8) is 0 Å². The Morgan fingerprint density at radius 2 is 1.48 bits per heavy atom. The van der Waals surface area contributed by atoms with E-state index in [2.05, 4.69) is 0 Å². The molecule has 0 aliphatic rings. The van der Waals surface area contributed by atoms with Gasteiger partial charge in [0.25, 0.3) is 0 Å². The average molecular weight is 359 g/mol. The van der Waals surface area contributed by atoms with Crippen molar-refractivity contribution in [2.45, 2.75) is 0 Å². The summed E-state index contributed by atoms with van der Waals surface area (Å²) in [6, 6.07) is 10.8. The lowest BCUT2D eigenvalue weighted by Gasteiger charge is -2.12. The Kier molecular flexibility index (Phi) is 6.66. The van der Waals surface area contributed by atoms with Gasteiger partial charge >= 0.3 is 0 Å². The van der Waals surface area contributed by atoms with Gasteiger partial charge in [0.2, 0.25) is 5.75 Å². The number of benzene rings is 2. The molecule has 2 aromatic rings. The molecule has 130 valence electrons. The average Bonchev–Trinajstić information content (AvgIpc) is 2.63. The van der Waals surface area contributed by atoms with Crippen molar-refractivity contribution in [3.05, 3.63) is 64.7 Å². The van der Waals surface area contributed by atoms with E-state index in [-0.39, 0.29) is 5.78 Å². The van der Waals surface area contributed by atoms with Gasteiger partial charge in [0.05, 0.1) is 21.3 Å². The Labute approximate surface area is 152 Å². The van der Waals surface area contributed by atoms with E-state index in [9.17, 15) is 4.79 Å². The third-order valence-electron chi connectivity index (χ3n) is 3.42. The maximum absolute atomic E-state index is 12.0. The number of hydrogen-bond donors (Lipinski definition) is 0. The molecule has 0 saturated heterocycles. The van der Waals surface area contributed by atoms with Gasteiger partial charge in [-0.05, 0) is 47.5 Å². The second-order valence-electron chi connectivity index (χ2n) is 5.08. The molecule has 2 aromatic carbocycles. The number of allylic oxidation sites excluding steroid dienone is 2. The van der Waals surface area contributed by atoms with Gasteiger partial charge in [-0.3, -0.25) is 4.79 Å². The van der Waals surface area contributed by atoms with Crippen molar-refractivity contribution in [2.75, 3.05) is 21.3 Å². The molecule has 0 radical (unpaired) electrons. The Morgan fingerprint density at radius 1 is 0.880 bits per heavy atom. The zero-order chi connectivity index (χ0) is 18.2. The minimum absolute atomic E-state index is 0.145. The Hall–Kier alpha value is -2.72. The number of halogens is 1. The monoisotopic (exact) mass is 358 g/mol. The molecule has 5 heteroatoms. The van der Waals surface area contributed by atoms with Gasteiger partial charge in [-0.25, -0.2) is 0 Å². The predicted octanol–water partition coefficient (Wildman–Crippen LogP) is 4.66. The lowest BCUT2D eigenvalue weighted by Crippen LogP contribution is -1.95. The van der Waals surface area contributed by atoms with Crippen LogP contribution in [0.5, 0.6) is 17.2 Å². The van der Waals surface area contributed by atoms with Gasteiger partial charge in [-0.1, -0.05) is 35.9 Å². The predicted molar refractivity (Wildman–Crippen MR) is 101 cm³/mol. The van der Waals surface area contributed by atoms with Crippen LogP contribution in [0.3, 0.4) is 0 Å². The van der Waals surface area contributed by atoms with Crippen LogP contribution >= 0.6 is 11.6 Å². The molecule has 0 heterocycles. The topological polar surface area (TPSA) is 44.8 Å². The smallest absolute Gasteiger partial charge is 0.203 e. The summed E-state index contributed by atoms with van der Waals surface area (Å²) in [4.78, 5) is 12.0. The molecule has 4 nitrogen and oxygen atoms in total. The van der Waals surface area contributed by atoms with Crippen LogP contribution in [0.2, 0.25) is 5.02 Å². The maximum atomic E-state index is 12.0. The first kappa shape index (κ1) is 18.6. The van der Waals surface area contributed by atoms with E-state index in [0.717, 1.165) is 11.1 Å². The van der Waals surface area contributed by atoms with E-state index < -0.39 is 0 Å². The highest BCUT2D eigenvalue weighted by Crippen LogP contribution is 2.38. The largest absolute Gasteiger partial charge is 0.493 e. The van der Waals surface area contributed by atoms with Gasteiger partial charge in [0.1, 0.15) is 0 Å². The molecule has 0 aliphatic carbocycles. The van der Waals surface area contributed by atoms with Gasteiger partial charge in [0.15, 0.2) is 17.3 Å². The molecule has 0 aromatic heterocycles. The summed E-state index contributed by atoms with van der Waals surface area (Å²) in [7, 11) is 4.63. The molecule has 25 heavy (non-hydrogen) atoms. The van der Waals surface area contributed by atoms with Crippen LogP contribution < -0.4 is 14.2 Å². The van der Waals surface area contributed by atoms with Crippen molar-refractivity contribution < 1.29 is 19.0 Å². The first-order chi connectivity index (χ1) is 12.1. The molecule has 0 spiro atoms. The van der Waals surface area contributed by atoms with E-state index in [1.165, 1.54) is 12.2 Å². The molecule has 0 fully saturated rings. The third kappa shape index (κ3) is 5.13. The molecule has 2 rings (SSSR count). The van der Waals surface area contributed by atoms with Gasteiger partial charge < -0.3 is 14.2 Å². The lowest BCUT2D eigenvalue weighted by molar-refractivity contribution is -0.110. The van der Waals surface area contributed by atoms with Crippen molar-refractivity contribution in [1.82, 2.24) is 0 Å². The first-order valence-corrected chi connectivity index (χ1v) is 7.91. The van der Waals surface area contributed by atoms with Crippen molar-refractivity contribution in [3.8, 4) is 17.2 Å². The normalized spacial score (nSPS) is 11.0. The minimum Gasteiger partial charge on any atom is -0.493 e. The molecule has 0 atom stereocenters. The summed E-state index contributed by atoms with van der Waals surface area (Å²) in [5.41, 5.74) is 1.63. The number of ketones is 1. The second kappa shape index (κ2) is 8.94. The summed E-state index contributed by atoms with van der Waals surface area (Å²) in [5, 5.41) is 0.627. The number of ether oxygens (including phenoxy) is 3. The Balaban J connectivity index is 2.16. The van der Waals surface area contributed by atoms with Crippen molar-refractivity contribution in [1.29, 1.82) is 0 Å². The van der Waals surface area contributed by atoms with E-state index in [1.54, 1.807) is 57.7 Å². The lowest BCUT2D eigenvalue weighted by atomic mass is 10.1. The van der Waals surface area contributed by atoms with Crippen LogP contribution in [0.15, 0.2) is 48.6 Å². The molecule has 0 aliphatic heterocycles. The highest BCUT2D eigenvalue weighted by Gasteiger charge is 2.11. The maximum Gasteiger partial charge on any atom is 0.203 e. The molecular weight excluding hydrogens is 340 g/mol. The third-order valence-corrected chi connectivity index (χ3v) is 3.65. The summed E-state index contributed by atoms with van der Waals surface area (Å²) in [5.74, 6) is 1.43. The van der Waals surface area contributed by atoms with Crippen LogP contribution in [0.1, 0.15) is 11.1 Å². The number of methoxy groups -OCH3 is 3. The molecule has 0 saturated carbocycles. The standard InChI is InChI=1S/C20H19ClO4/c1-23-18-12-15(13-19(24-2)20(18)25-3)8-10-17(22)9-7-14-5-4-6-16(21)11-14/h4-13H,1-3H3/b9-7+,10-8+. The fourth-order valence-electron chi connectivity index (χ4n) is 2.22. The summed E-state index contributed by atoms with van der Waals surface area (Å²) in [6.07, 6.45) is 6.37. The van der Waals surface area contributed by atoms with E-state index in [1.807, 2.05) is 12.1 Å². The van der Waals surface area contributed by atoms with E-state index >= 15 is 0 Å². The molecular formula is C20H19ClO4. The van der Waals surface area contributed by atoms with Gasteiger partial charge in [-0.2, -0.15) is 0 Å².